The maximum absolute atomic E-state index is 14.4. The molecule has 82 heavy (non-hydrogen) atoms. The molecule has 0 bridgehead atoms. The van der Waals surface area contributed by atoms with Crippen molar-refractivity contribution < 1.29 is 28.8 Å². The molecule has 2 aromatic heterocycles. The first-order chi connectivity index (χ1) is 39.9. The number of ketones is 1. The highest BCUT2D eigenvalue weighted by atomic mass is 16.2. The van der Waals surface area contributed by atoms with Crippen LogP contribution in [0.4, 0.5) is 0 Å². The van der Waals surface area contributed by atoms with Gasteiger partial charge in [-0.2, -0.15) is 0 Å². The van der Waals surface area contributed by atoms with Crippen LogP contribution in [0.15, 0.2) is 97.3 Å². The zero-order valence-corrected chi connectivity index (χ0v) is 48.4. The zero-order chi connectivity index (χ0) is 57.5. The van der Waals surface area contributed by atoms with Gasteiger partial charge in [-0.3, -0.25) is 38.1 Å². The van der Waals surface area contributed by atoms with Crippen molar-refractivity contribution in [2.45, 2.75) is 209 Å². The highest BCUT2D eigenvalue weighted by Gasteiger charge is 2.46. The number of unbranched alkanes of at least 4 members (excludes halogenated alkanes) is 2. The topological polar surface area (TPSA) is 230 Å². The molecule has 0 spiro atoms. The van der Waals surface area contributed by atoms with Crippen LogP contribution in [-0.2, 0) is 54.7 Å². The Balaban J connectivity index is 0.734. The molecular weight excluding hydrogens is 1030 g/mol. The molecule has 4 fully saturated rings. The summed E-state index contributed by atoms with van der Waals surface area (Å²) in [6.07, 6.45) is 18.8. The second-order valence-corrected chi connectivity index (χ2v) is 23.2. The van der Waals surface area contributed by atoms with Gasteiger partial charge in [0.15, 0.2) is 5.78 Å². The van der Waals surface area contributed by atoms with E-state index in [-0.39, 0.29) is 59.7 Å². The van der Waals surface area contributed by atoms with Crippen molar-refractivity contribution >= 4 is 35.3 Å². The molecule has 19 heteroatoms. The zero-order valence-electron chi connectivity index (χ0n) is 48.4. The predicted octanol–water partition coefficient (Wildman–Crippen LogP) is 6.26. The Morgan fingerprint density at radius 2 is 1.01 bits per heavy atom. The molecule has 2 unspecified atom stereocenters. The third-order valence-electron chi connectivity index (χ3n) is 17.7. The summed E-state index contributed by atoms with van der Waals surface area (Å²) in [4.78, 5) is 86.2. The van der Waals surface area contributed by atoms with E-state index in [2.05, 4.69) is 71.5 Å². The summed E-state index contributed by atoms with van der Waals surface area (Å²) in [5.41, 5.74) is 5.77. The summed E-state index contributed by atoms with van der Waals surface area (Å²) in [6.45, 7) is 4.91. The van der Waals surface area contributed by atoms with Crippen molar-refractivity contribution in [1.29, 1.82) is 0 Å². The molecule has 5 N–H and O–H groups in total. The number of hydrogen-bond donors (Lipinski definition) is 5. The van der Waals surface area contributed by atoms with Gasteiger partial charge in [0.1, 0.15) is 23.8 Å². The SMILES string of the molecule is CN[C@@H](C)C(=O)N[C@H]1CCCC[C@H]2CCC(C(=O)CC(c3ccccc3)c3cn(CCCCc4ccc(CCCCn5cc([C@@H](NC(=O)[C@@H]6CC[C@@H]7CCCC[C@H](NC(=O)[C@H](C)NC)C(=O)N76)c6ccccc6)nn5)cc4)nn3)N2C1=O. The fraction of sp³-hybridized carbons (Fsp3) is 0.556. The smallest absolute Gasteiger partial charge is 0.246 e. The minimum absolute atomic E-state index is 0.00832. The van der Waals surface area contributed by atoms with Crippen LogP contribution in [0.2, 0.25) is 0 Å². The first-order valence-electron chi connectivity index (χ1n) is 30.3. The predicted molar refractivity (Wildman–Crippen MR) is 312 cm³/mol. The van der Waals surface area contributed by atoms with E-state index in [0.29, 0.717) is 44.5 Å². The second-order valence-electron chi connectivity index (χ2n) is 23.2. The van der Waals surface area contributed by atoms with Gasteiger partial charge >= 0.3 is 0 Å². The molecule has 0 saturated carbocycles. The van der Waals surface area contributed by atoms with Crippen molar-refractivity contribution in [2.24, 2.45) is 0 Å². The average molecular weight is 1120 g/mol. The van der Waals surface area contributed by atoms with E-state index < -0.39 is 42.3 Å². The second kappa shape index (κ2) is 28.7. The lowest BCUT2D eigenvalue weighted by atomic mass is 9.88. The van der Waals surface area contributed by atoms with E-state index in [0.717, 1.165) is 107 Å². The number of likely N-dealkylation sites (N-methyl/N-ethyl adjacent to an activating group) is 2. The van der Waals surface area contributed by atoms with Gasteiger partial charge in [0.2, 0.25) is 29.5 Å². The van der Waals surface area contributed by atoms with E-state index in [1.54, 1.807) is 32.8 Å². The van der Waals surface area contributed by atoms with Crippen LogP contribution in [0.5, 0.6) is 0 Å². The Morgan fingerprint density at radius 1 is 0.549 bits per heavy atom. The third-order valence-corrected chi connectivity index (χ3v) is 17.7. The average Bonchev–Trinajstić information content (AvgIpc) is 4.39. The van der Waals surface area contributed by atoms with E-state index >= 15 is 0 Å². The minimum Gasteiger partial charge on any atom is -0.343 e. The lowest BCUT2D eigenvalue weighted by Crippen LogP contribution is -2.58. The monoisotopic (exact) mass is 1120 g/mol. The van der Waals surface area contributed by atoms with Gasteiger partial charge in [0.05, 0.1) is 36.1 Å². The van der Waals surface area contributed by atoms with Crippen LogP contribution in [0.25, 0.3) is 0 Å². The molecule has 6 heterocycles. The number of hydrogen-bond acceptors (Lipinski definition) is 12. The van der Waals surface area contributed by atoms with Crippen LogP contribution in [0.1, 0.15) is 169 Å². The van der Waals surface area contributed by atoms with Crippen LogP contribution in [0.3, 0.4) is 0 Å². The maximum atomic E-state index is 14.4. The number of aryl methyl sites for hydroxylation is 4. The molecule has 438 valence electrons. The number of Topliss-reactive ketones (excluding diaryl/α,β-unsaturated/α-hetero) is 1. The van der Waals surface area contributed by atoms with Crippen LogP contribution >= 0.6 is 0 Å². The first kappa shape index (κ1) is 59.5. The molecular formula is C63H85N13O6. The Kier molecular flexibility index (Phi) is 20.8. The largest absolute Gasteiger partial charge is 0.343 e. The summed E-state index contributed by atoms with van der Waals surface area (Å²) >= 11 is 0. The van der Waals surface area contributed by atoms with Crippen molar-refractivity contribution in [2.75, 3.05) is 14.1 Å². The number of nitrogens with one attached hydrogen (secondary N) is 5. The molecule has 4 saturated heterocycles. The minimum atomic E-state index is -0.674. The number of fused-ring (bicyclic) bond motifs is 2. The van der Waals surface area contributed by atoms with Crippen molar-refractivity contribution in [3.63, 3.8) is 0 Å². The highest BCUT2D eigenvalue weighted by Crippen LogP contribution is 2.36. The number of rotatable bonds is 25. The Labute approximate surface area is 482 Å². The highest BCUT2D eigenvalue weighted by molar-refractivity contribution is 5.95. The molecule has 19 nitrogen and oxygen atoms in total. The molecule has 4 aliphatic heterocycles. The Morgan fingerprint density at radius 3 is 1.54 bits per heavy atom. The Hall–Kier alpha value is -7.12. The summed E-state index contributed by atoms with van der Waals surface area (Å²) in [5.74, 6) is -1.31. The number of aromatic nitrogens is 6. The third kappa shape index (κ3) is 14.9. The fourth-order valence-corrected chi connectivity index (χ4v) is 12.6. The molecule has 4 aliphatic rings. The van der Waals surface area contributed by atoms with E-state index in [4.69, 9.17) is 0 Å². The van der Waals surface area contributed by atoms with Gasteiger partial charge < -0.3 is 36.4 Å². The van der Waals surface area contributed by atoms with E-state index in [1.165, 1.54) is 11.1 Å². The lowest BCUT2D eigenvalue weighted by molar-refractivity contribution is -0.144. The summed E-state index contributed by atoms with van der Waals surface area (Å²) < 4.78 is 3.72. The van der Waals surface area contributed by atoms with Crippen molar-refractivity contribution in [3.05, 3.63) is 131 Å². The van der Waals surface area contributed by atoms with Crippen LogP contribution < -0.4 is 26.6 Å². The summed E-state index contributed by atoms with van der Waals surface area (Å²) in [6, 6.07) is 24.6. The normalized spacial score (nSPS) is 22.6. The molecule has 5 amide bonds. The number of carbonyl (C=O) groups excluding carboxylic acids is 6. The van der Waals surface area contributed by atoms with Crippen LogP contribution in [0, 0.1) is 0 Å². The Bertz CT molecular complexity index is 2720. The maximum Gasteiger partial charge on any atom is 0.246 e. The van der Waals surface area contributed by atoms with Gasteiger partial charge in [-0.05, 0) is 140 Å². The van der Waals surface area contributed by atoms with Gasteiger partial charge in [-0.15, -0.1) is 10.2 Å². The van der Waals surface area contributed by atoms with Gasteiger partial charge in [0, 0.05) is 43.7 Å². The summed E-state index contributed by atoms with van der Waals surface area (Å²) in [5, 5.41) is 33.3. The van der Waals surface area contributed by atoms with E-state index in [9.17, 15) is 28.8 Å². The van der Waals surface area contributed by atoms with Crippen LogP contribution in [-0.4, -0.2) is 138 Å². The molecule has 9 rings (SSSR count). The van der Waals surface area contributed by atoms with Crippen molar-refractivity contribution in [3.8, 4) is 0 Å². The van der Waals surface area contributed by atoms with Gasteiger partial charge in [0.25, 0.3) is 0 Å². The molecule has 0 radical (unpaired) electrons. The lowest BCUT2D eigenvalue weighted by Gasteiger charge is -2.36. The standard InChI is InChI=1S/C63H85N13O6/c1-42(64-3)59(78)66-51-27-13-11-25-48-33-35-55(75(48)62(51)81)57(77)39-50(46-21-7-5-8-22-46)53-40-73(71-69-53)37-17-15-19-44-29-31-45(32-30-44)20-16-18-38-74-41-54(70-72-74)58(47-23-9-6-10-24-47)68-61(80)56-36-34-49-26-12-14-28-52(63(82)76(49)56)67-60(79)43(2)65-4/h5-10,21-24,29-32,40-43,48-52,55-56,58,64-65H,11-20,25-28,33-39H2,1-4H3,(H,66,78)(H,67,79)(H,68,80)/t42-,43-,48-,49-,50?,51-,52-,55?,56-,58-/m0/s1. The molecule has 0 aliphatic carbocycles. The number of benzene rings is 3. The van der Waals surface area contributed by atoms with E-state index in [1.807, 2.05) is 87.3 Å². The fourth-order valence-electron chi connectivity index (χ4n) is 12.6. The molecule has 10 atom stereocenters. The number of carbonyl (C=O) groups is 6. The van der Waals surface area contributed by atoms with Gasteiger partial charge in [-0.25, -0.2) is 0 Å². The first-order valence-corrected chi connectivity index (χ1v) is 30.3. The molecule has 3 aromatic carbocycles. The van der Waals surface area contributed by atoms with Crippen molar-refractivity contribution in [1.82, 2.24) is 66.4 Å². The quantitative estimate of drug-likeness (QED) is 0.0408. The number of amides is 5. The molecule has 5 aromatic rings. The number of nitrogens with zero attached hydrogens (tertiary/aromatic N) is 8. The van der Waals surface area contributed by atoms with Gasteiger partial charge in [-0.1, -0.05) is 121 Å². The summed E-state index contributed by atoms with van der Waals surface area (Å²) in [7, 11) is 3.43.